The van der Waals surface area contributed by atoms with Crippen molar-refractivity contribution < 1.29 is 4.42 Å². The molecule has 108 valence electrons. The van der Waals surface area contributed by atoms with Crippen LogP contribution in [0.4, 0.5) is 5.13 Å². The number of rotatable bonds is 2. The summed E-state index contributed by atoms with van der Waals surface area (Å²) in [4.78, 5) is 14.1. The Morgan fingerprint density at radius 3 is 2.91 bits per heavy atom. The maximum Gasteiger partial charge on any atom is 0.181 e. The minimum absolute atomic E-state index is 0.519. The fourth-order valence-corrected chi connectivity index (χ4v) is 3.20. The van der Waals surface area contributed by atoms with Crippen LogP contribution in [0.3, 0.4) is 0 Å². The molecule has 0 bridgehead atoms. The van der Waals surface area contributed by atoms with Crippen LogP contribution in [0.1, 0.15) is 5.69 Å². The second-order valence-electron chi connectivity index (χ2n) is 4.93. The lowest BCUT2D eigenvalue weighted by Crippen LogP contribution is -1.87. The van der Waals surface area contributed by atoms with Crippen molar-refractivity contribution in [3.8, 4) is 21.8 Å². The molecule has 0 radical (unpaired) electrons. The van der Waals surface area contributed by atoms with E-state index in [1.54, 1.807) is 0 Å². The van der Waals surface area contributed by atoms with Crippen molar-refractivity contribution >= 4 is 27.6 Å². The van der Waals surface area contributed by atoms with E-state index >= 15 is 0 Å². The number of pyridine rings is 1. The summed E-state index contributed by atoms with van der Waals surface area (Å²) in [5, 5.41) is 0.519. The molecule has 0 fully saturated rings. The maximum atomic E-state index is 5.93. The molecule has 3 heterocycles. The van der Waals surface area contributed by atoms with Crippen molar-refractivity contribution in [1.82, 2.24) is 15.0 Å². The zero-order valence-corrected chi connectivity index (χ0v) is 12.6. The highest BCUT2D eigenvalue weighted by Gasteiger charge is 2.16. The van der Waals surface area contributed by atoms with Crippen LogP contribution in [0.2, 0.25) is 0 Å². The minimum Gasteiger partial charge on any atom is -0.443 e. The number of aromatic nitrogens is 3. The molecule has 0 aliphatic rings. The first-order valence-corrected chi connectivity index (χ1v) is 7.56. The smallest absolute Gasteiger partial charge is 0.181 e. The summed E-state index contributed by atoms with van der Waals surface area (Å²) >= 11 is 1.44. The van der Waals surface area contributed by atoms with E-state index in [2.05, 4.69) is 15.0 Å². The lowest BCUT2D eigenvalue weighted by atomic mass is 10.1. The number of nitrogen functional groups attached to an aromatic ring is 1. The molecule has 1 aromatic carbocycles. The van der Waals surface area contributed by atoms with Crippen molar-refractivity contribution in [2.45, 2.75) is 6.92 Å². The fourth-order valence-electron chi connectivity index (χ4n) is 2.38. The van der Waals surface area contributed by atoms with Crippen molar-refractivity contribution in [3.63, 3.8) is 0 Å². The number of oxazole rings is 1. The van der Waals surface area contributed by atoms with Crippen LogP contribution in [0, 0.1) is 6.92 Å². The van der Waals surface area contributed by atoms with E-state index in [0.29, 0.717) is 5.13 Å². The molecule has 6 heteroatoms. The zero-order chi connectivity index (χ0) is 15.1. The molecular formula is C16H12N4OS. The SMILES string of the molecule is Cc1cccc(-c2sc(N)nc2-c2ccc3ncoc3c2)n1. The van der Waals surface area contributed by atoms with Crippen LogP contribution in [0.25, 0.3) is 32.9 Å². The molecule has 0 atom stereocenters. The van der Waals surface area contributed by atoms with E-state index < -0.39 is 0 Å². The first-order valence-electron chi connectivity index (χ1n) is 6.75. The molecule has 0 aliphatic heterocycles. The highest BCUT2D eigenvalue weighted by atomic mass is 32.1. The van der Waals surface area contributed by atoms with Gasteiger partial charge in [0.25, 0.3) is 0 Å². The summed E-state index contributed by atoms with van der Waals surface area (Å²) in [6.45, 7) is 1.97. The van der Waals surface area contributed by atoms with Gasteiger partial charge >= 0.3 is 0 Å². The van der Waals surface area contributed by atoms with Gasteiger partial charge in [-0.05, 0) is 31.2 Å². The fraction of sp³-hybridized carbons (Fsp3) is 0.0625. The van der Waals surface area contributed by atoms with Gasteiger partial charge in [-0.15, -0.1) is 0 Å². The lowest BCUT2D eigenvalue weighted by molar-refractivity contribution is 0.602. The molecular weight excluding hydrogens is 296 g/mol. The highest BCUT2D eigenvalue weighted by molar-refractivity contribution is 7.19. The van der Waals surface area contributed by atoms with Crippen LogP contribution in [0.15, 0.2) is 47.2 Å². The van der Waals surface area contributed by atoms with Crippen LogP contribution in [-0.4, -0.2) is 15.0 Å². The molecule has 4 rings (SSSR count). The number of benzene rings is 1. The quantitative estimate of drug-likeness (QED) is 0.607. The second kappa shape index (κ2) is 4.92. The predicted molar refractivity (Wildman–Crippen MR) is 87.5 cm³/mol. The van der Waals surface area contributed by atoms with Crippen LogP contribution >= 0.6 is 11.3 Å². The van der Waals surface area contributed by atoms with E-state index in [-0.39, 0.29) is 0 Å². The maximum absolute atomic E-state index is 5.93. The molecule has 0 unspecified atom stereocenters. The summed E-state index contributed by atoms with van der Waals surface area (Å²) in [6, 6.07) is 11.7. The Kier molecular flexibility index (Phi) is 2.90. The summed E-state index contributed by atoms with van der Waals surface area (Å²) in [6.07, 6.45) is 1.44. The van der Waals surface area contributed by atoms with E-state index in [0.717, 1.165) is 38.6 Å². The zero-order valence-electron chi connectivity index (χ0n) is 11.8. The Balaban J connectivity index is 1.91. The summed E-state index contributed by atoms with van der Waals surface area (Å²) in [5.41, 5.74) is 11.1. The Hall–Kier alpha value is -2.73. The van der Waals surface area contributed by atoms with Gasteiger partial charge in [-0.25, -0.2) is 9.97 Å². The van der Waals surface area contributed by atoms with E-state index in [1.807, 2.05) is 43.3 Å². The standard InChI is InChI=1S/C16H12N4OS/c1-9-3-2-4-12(19-9)15-14(20-16(17)22-15)10-5-6-11-13(7-10)21-8-18-11/h2-8H,1H3,(H2,17,20). The van der Waals surface area contributed by atoms with Gasteiger partial charge in [0, 0.05) is 11.3 Å². The third-order valence-corrected chi connectivity index (χ3v) is 4.28. The Morgan fingerprint density at radius 2 is 2.05 bits per heavy atom. The molecule has 0 saturated heterocycles. The Labute approximate surface area is 130 Å². The molecule has 5 nitrogen and oxygen atoms in total. The number of aryl methyl sites for hydroxylation is 1. The van der Waals surface area contributed by atoms with Gasteiger partial charge in [0.05, 0.1) is 16.3 Å². The number of anilines is 1. The van der Waals surface area contributed by atoms with E-state index in [4.69, 9.17) is 10.2 Å². The average molecular weight is 308 g/mol. The van der Waals surface area contributed by atoms with Gasteiger partial charge in [0.15, 0.2) is 17.1 Å². The molecule has 2 N–H and O–H groups in total. The third-order valence-electron chi connectivity index (χ3n) is 3.37. The number of fused-ring (bicyclic) bond motifs is 1. The summed E-state index contributed by atoms with van der Waals surface area (Å²) in [5.74, 6) is 0. The first kappa shape index (κ1) is 13.0. The molecule has 22 heavy (non-hydrogen) atoms. The summed E-state index contributed by atoms with van der Waals surface area (Å²) in [7, 11) is 0. The van der Waals surface area contributed by atoms with Crippen molar-refractivity contribution in [1.29, 1.82) is 0 Å². The number of thiazole rings is 1. The highest BCUT2D eigenvalue weighted by Crippen LogP contribution is 2.37. The molecule has 0 aliphatic carbocycles. The molecule has 0 saturated carbocycles. The molecule has 0 spiro atoms. The van der Waals surface area contributed by atoms with Gasteiger partial charge in [0.1, 0.15) is 5.52 Å². The van der Waals surface area contributed by atoms with Crippen LogP contribution in [-0.2, 0) is 0 Å². The Morgan fingerprint density at radius 1 is 1.14 bits per heavy atom. The third kappa shape index (κ3) is 2.14. The monoisotopic (exact) mass is 308 g/mol. The largest absolute Gasteiger partial charge is 0.443 e. The second-order valence-corrected chi connectivity index (χ2v) is 5.96. The van der Waals surface area contributed by atoms with Gasteiger partial charge in [-0.1, -0.05) is 23.5 Å². The first-order chi connectivity index (χ1) is 10.7. The average Bonchev–Trinajstić information content (AvgIpc) is 3.12. The normalized spacial score (nSPS) is 11.1. The van der Waals surface area contributed by atoms with Crippen molar-refractivity contribution in [2.75, 3.05) is 5.73 Å². The van der Waals surface area contributed by atoms with E-state index in [9.17, 15) is 0 Å². The molecule has 3 aromatic heterocycles. The van der Waals surface area contributed by atoms with Crippen molar-refractivity contribution in [3.05, 3.63) is 48.5 Å². The van der Waals surface area contributed by atoms with E-state index in [1.165, 1.54) is 17.7 Å². The van der Waals surface area contributed by atoms with Gasteiger partial charge in [-0.2, -0.15) is 0 Å². The molecule has 0 amide bonds. The Bertz CT molecular complexity index is 973. The van der Waals surface area contributed by atoms with Crippen LogP contribution in [0.5, 0.6) is 0 Å². The molecule has 4 aromatic rings. The number of nitrogens with two attached hydrogens (primary N) is 1. The predicted octanol–water partition coefficient (Wildman–Crippen LogP) is 3.90. The lowest BCUT2D eigenvalue weighted by Gasteiger charge is -2.03. The van der Waals surface area contributed by atoms with Crippen LogP contribution < -0.4 is 5.73 Å². The number of nitrogens with zero attached hydrogens (tertiary/aromatic N) is 3. The number of hydrogen-bond donors (Lipinski definition) is 1. The van der Waals surface area contributed by atoms with Gasteiger partial charge in [0.2, 0.25) is 0 Å². The topological polar surface area (TPSA) is 77.8 Å². The minimum atomic E-state index is 0.519. The number of hydrogen-bond acceptors (Lipinski definition) is 6. The van der Waals surface area contributed by atoms with Gasteiger partial charge < -0.3 is 10.2 Å². The van der Waals surface area contributed by atoms with Gasteiger partial charge in [-0.3, -0.25) is 4.98 Å². The summed E-state index contributed by atoms with van der Waals surface area (Å²) < 4.78 is 5.37. The van der Waals surface area contributed by atoms with Crippen molar-refractivity contribution in [2.24, 2.45) is 0 Å².